The molecule has 0 bridgehead atoms. The minimum atomic E-state index is 0.472. The zero-order valence-electron chi connectivity index (χ0n) is 6.66. The van der Waals surface area contributed by atoms with Gasteiger partial charge in [0, 0.05) is 18.6 Å². The molecule has 62 valence electrons. The highest BCUT2D eigenvalue weighted by Gasteiger charge is 2.02. The molecule has 0 amide bonds. The summed E-state index contributed by atoms with van der Waals surface area (Å²) in [6.45, 7) is 2.04. The Kier molecular flexibility index (Phi) is 1.73. The van der Waals surface area contributed by atoms with Gasteiger partial charge in [-0.15, -0.1) is 0 Å². The second kappa shape index (κ2) is 2.75. The maximum Gasteiger partial charge on any atom is 0.174 e. The van der Waals surface area contributed by atoms with Crippen molar-refractivity contribution in [2.75, 3.05) is 0 Å². The molecule has 0 aliphatic carbocycles. The maximum absolute atomic E-state index is 5.89. The molecule has 3 nitrogen and oxygen atoms in total. The van der Waals surface area contributed by atoms with Crippen LogP contribution in [0.5, 0.6) is 0 Å². The lowest BCUT2D eigenvalue weighted by atomic mass is 10.3. The van der Waals surface area contributed by atoms with E-state index < -0.39 is 0 Å². The van der Waals surface area contributed by atoms with Crippen LogP contribution in [0.1, 0.15) is 12.6 Å². The molecule has 0 aromatic carbocycles. The Labute approximate surface area is 75.0 Å². The number of rotatable bonds is 1. The molecule has 0 unspecified atom stereocenters. The van der Waals surface area contributed by atoms with Gasteiger partial charge in [0.15, 0.2) is 10.8 Å². The van der Waals surface area contributed by atoms with E-state index in [1.54, 1.807) is 6.20 Å². The molecule has 2 aromatic rings. The molecule has 2 rings (SSSR count). The molecular weight excluding hydrogens is 174 g/mol. The molecule has 0 atom stereocenters. The summed E-state index contributed by atoms with van der Waals surface area (Å²) >= 11 is 5.89. The Morgan fingerprint density at radius 1 is 1.58 bits per heavy atom. The van der Waals surface area contributed by atoms with Gasteiger partial charge in [-0.3, -0.25) is 0 Å². The minimum Gasteiger partial charge on any atom is -0.303 e. The van der Waals surface area contributed by atoms with Crippen molar-refractivity contribution >= 4 is 17.2 Å². The van der Waals surface area contributed by atoms with E-state index in [-0.39, 0.29) is 0 Å². The zero-order valence-corrected chi connectivity index (χ0v) is 7.41. The van der Waals surface area contributed by atoms with Crippen molar-refractivity contribution in [1.82, 2.24) is 14.4 Å². The van der Waals surface area contributed by atoms with Gasteiger partial charge >= 0.3 is 0 Å². The maximum atomic E-state index is 5.89. The van der Waals surface area contributed by atoms with E-state index in [2.05, 4.69) is 9.97 Å². The van der Waals surface area contributed by atoms with Crippen LogP contribution in [0.25, 0.3) is 5.65 Å². The van der Waals surface area contributed by atoms with Crippen LogP contribution in [0.3, 0.4) is 0 Å². The highest BCUT2D eigenvalue weighted by atomic mass is 35.5. The van der Waals surface area contributed by atoms with Crippen LogP contribution in [-0.4, -0.2) is 14.4 Å². The van der Waals surface area contributed by atoms with Crippen LogP contribution in [0.2, 0.25) is 5.15 Å². The minimum absolute atomic E-state index is 0.472. The average molecular weight is 182 g/mol. The third kappa shape index (κ3) is 1.06. The summed E-state index contributed by atoms with van der Waals surface area (Å²) in [5.41, 5.74) is 1.69. The lowest BCUT2D eigenvalue weighted by Gasteiger charge is -1.99. The molecule has 12 heavy (non-hydrogen) atoms. The number of imidazole rings is 1. The van der Waals surface area contributed by atoms with Crippen LogP contribution in [0, 0.1) is 0 Å². The lowest BCUT2D eigenvalue weighted by Crippen LogP contribution is -1.93. The van der Waals surface area contributed by atoms with E-state index in [0.717, 1.165) is 12.1 Å². The van der Waals surface area contributed by atoms with Gasteiger partial charge in [-0.05, 0) is 6.42 Å². The quantitative estimate of drug-likeness (QED) is 0.673. The summed E-state index contributed by atoms with van der Waals surface area (Å²) in [5.74, 6) is 0. The first-order chi connectivity index (χ1) is 5.81. The number of aryl methyl sites for hydroxylation is 1. The third-order valence-corrected chi connectivity index (χ3v) is 2.00. The summed E-state index contributed by atoms with van der Waals surface area (Å²) < 4.78 is 1.88. The second-order valence-corrected chi connectivity index (χ2v) is 2.89. The van der Waals surface area contributed by atoms with E-state index in [4.69, 9.17) is 11.6 Å². The van der Waals surface area contributed by atoms with Gasteiger partial charge in [-0.2, -0.15) is 0 Å². The van der Waals surface area contributed by atoms with Crippen LogP contribution in [0.4, 0.5) is 0 Å². The smallest absolute Gasteiger partial charge is 0.174 e. The Morgan fingerprint density at radius 3 is 3.17 bits per heavy atom. The van der Waals surface area contributed by atoms with Gasteiger partial charge in [0.2, 0.25) is 0 Å². The number of hydrogen-bond donors (Lipinski definition) is 0. The molecule has 2 aromatic heterocycles. The summed E-state index contributed by atoms with van der Waals surface area (Å²) in [4.78, 5) is 8.24. The Hall–Kier alpha value is -1.09. The fourth-order valence-electron chi connectivity index (χ4n) is 1.11. The van der Waals surface area contributed by atoms with Gasteiger partial charge in [-0.1, -0.05) is 18.5 Å². The van der Waals surface area contributed by atoms with Gasteiger partial charge in [0.05, 0.1) is 5.69 Å². The standard InChI is InChI=1S/C8H8ClN3/c1-2-6-5-12-4-3-10-8(12)7(9)11-6/h3-5H,2H2,1H3. The van der Waals surface area contributed by atoms with Crippen molar-refractivity contribution in [3.8, 4) is 0 Å². The summed E-state index contributed by atoms with van der Waals surface area (Å²) in [6.07, 6.45) is 6.40. The van der Waals surface area contributed by atoms with Crippen LogP contribution in [0.15, 0.2) is 18.6 Å². The fourth-order valence-corrected chi connectivity index (χ4v) is 1.37. The van der Waals surface area contributed by atoms with Crippen molar-refractivity contribution in [2.24, 2.45) is 0 Å². The predicted octanol–water partition coefficient (Wildman–Crippen LogP) is 1.95. The molecule has 0 fully saturated rings. The van der Waals surface area contributed by atoms with Gasteiger partial charge in [0.25, 0.3) is 0 Å². The number of aromatic nitrogens is 3. The first-order valence-electron chi connectivity index (χ1n) is 3.79. The van der Waals surface area contributed by atoms with Crippen molar-refractivity contribution in [3.05, 3.63) is 29.4 Å². The molecule has 0 saturated heterocycles. The number of fused-ring (bicyclic) bond motifs is 1. The Morgan fingerprint density at radius 2 is 2.42 bits per heavy atom. The molecule has 0 spiro atoms. The van der Waals surface area contributed by atoms with Crippen LogP contribution in [-0.2, 0) is 6.42 Å². The first-order valence-corrected chi connectivity index (χ1v) is 4.17. The van der Waals surface area contributed by atoms with Gasteiger partial charge in [0.1, 0.15) is 0 Å². The fraction of sp³-hybridized carbons (Fsp3) is 0.250. The largest absolute Gasteiger partial charge is 0.303 e. The van der Waals surface area contributed by atoms with Gasteiger partial charge < -0.3 is 4.40 Å². The number of nitrogens with zero attached hydrogens (tertiary/aromatic N) is 3. The van der Waals surface area contributed by atoms with Crippen molar-refractivity contribution < 1.29 is 0 Å². The van der Waals surface area contributed by atoms with Crippen molar-refractivity contribution in [1.29, 1.82) is 0 Å². The van der Waals surface area contributed by atoms with Gasteiger partial charge in [-0.25, -0.2) is 9.97 Å². The SMILES string of the molecule is CCc1cn2ccnc2c(Cl)n1. The normalized spacial score (nSPS) is 10.8. The third-order valence-electron chi connectivity index (χ3n) is 1.75. The summed E-state index contributed by atoms with van der Waals surface area (Å²) in [5, 5.41) is 0.472. The Balaban J connectivity index is 2.75. The molecule has 0 saturated carbocycles. The molecule has 0 aliphatic rings. The van der Waals surface area contributed by atoms with Crippen LogP contribution < -0.4 is 0 Å². The summed E-state index contributed by atoms with van der Waals surface area (Å²) in [7, 11) is 0. The van der Waals surface area contributed by atoms with Crippen molar-refractivity contribution in [2.45, 2.75) is 13.3 Å². The zero-order chi connectivity index (χ0) is 8.55. The highest BCUT2D eigenvalue weighted by Crippen LogP contribution is 2.13. The van der Waals surface area contributed by atoms with E-state index in [1.165, 1.54) is 0 Å². The lowest BCUT2D eigenvalue weighted by molar-refractivity contribution is 0.981. The van der Waals surface area contributed by atoms with E-state index >= 15 is 0 Å². The molecule has 0 N–H and O–H groups in total. The topological polar surface area (TPSA) is 30.2 Å². The van der Waals surface area contributed by atoms with E-state index in [1.807, 2.05) is 23.7 Å². The van der Waals surface area contributed by atoms with E-state index in [9.17, 15) is 0 Å². The van der Waals surface area contributed by atoms with Crippen molar-refractivity contribution in [3.63, 3.8) is 0 Å². The average Bonchev–Trinajstić information content (AvgIpc) is 2.52. The highest BCUT2D eigenvalue weighted by molar-refractivity contribution is 6.32. The van der Waals surface area contributed by atoms with Crippen LogP contribution >= 0.6 is 11.6 Å². The first kappa shape index (κ1) is 7.55. The predicted molar refractivity (Wildman–Crippen MR) is 47.4 cm³/mol. The molecule has 0 aliphatic heterocycles. The molecule has 4 heteroatoms. The number of halogens is 1. The monoisotopic (exact) mass is 181 g/mol. The number of hydrogen-bond acceptors (Lipinski definition) is 2. The molecule has 2 heterocycles. The molecular formula is C8H8ClN3. The molecule has 0 radical (unpaired) electrons. The second-order valence-electron chi connectivity index (χ2n) is 2.53. The Bertz CT molecular complexity index is 408. The summed E-state index contributed by atoms with van der Waals surface area (Å²) in [6, 6.07) is 0. The van der Waals surface area contributed by atoms with E-state index in [0.29, 0.717) is 10.8 Å².